The van der Waals surface area contributed by atoms with Gasteiger partial charge in [-0.25, -0.2) is 0 Å². The molecule has 0 aliphatic carbocycles. The molecule has 0 amide bonds. The van der Waals surface area contributed by atoms with Crippen LogP contribution in [0.1, 0.15) is 11.6 Å². The number of fused-ring (bicyclic) bond motifs is 1. The maximum atomic E-state index is 5.22. The summed E-state index contributed by atoms with van der Waals surface area (Å²) in [4.78, 5) is 2.39. The summed E-state index contributed by atoms with van der Waals surface area (Å²) in [6.45, 7) is 7.01. The van der Waals surface area contributed by atoms with Crippen LogP contribution in [-0.4, -0.2) is 45.5 Å². The van der Waals surface area contributed by atoms with Gasteiger partial charge in [-0.2, -0.15) is 0 Å². The highest BCUT2D eigenvalue weighted by Gasteiger charge is 2.28. The minimum Gasteiger partial charge on any atom is -0.372 e. The topological polar surface area (TPSA) is 46.5 Å². The molecule has 14 heavy (non-hydrogen) atoms. The molecule has 3 rings (SSSR count). The first-order chi connectivity index (χ1) is 6.83. The Labute approximate surface area is 82.7 Å². The summed E-state index contributed by atoms with van der Waals surface area (Å²) in [7, 11) is 0. The van der Waals surface area contributed by atoms with Crippen molar-refractivity contribution in [2.75, 3.05) is 19.7 Å². The first-order valence-electron chi connectivity index (χ1n) is 5.05. The molecular formula is C9H14N4O. The number of epoxide rings is 1. The fourth-order valence-corrected chi connectivity index (χ4v) is 1.97. The molecule has 0 unspecified atom stereocenters. The van der Waals surface area contributed by atoms with Crippen LogP contribution in [0.3, 0.4) is 0 Å². The standard InChI is InChI=1S/C9H14N4O/c1-7-10-11-9-5-12(2-3-13(7)9)4-8-6-14-8/h8H,2-6H2,1H3/t8-/m1/s1. The van der Waals surface area contributed by atoms with Gasteiger partial charge in [-0.05, 0) is 6.92 Å². The number of rotatable bonds is 2. The Morgan fingerprint density at radius 1 is 1.43 bits per heavy atom. The Morgan fingerprint density at radius 3 is 3.07 bits per heavy atom. The molecule has 0 bridgehead atoms. The summed E-state index contributed by atoms with van der Waals surface area (Å²) in [5.41, 5.74) is 0. The van der Waals surface area contributed by atoms with Crippen molar-refractivity contribution in [3.63, 3.8) is 0 Å². The van der Waals surface area contributed by atoms with E-state index in [1.807, 2.05) is 6.92 Å². The highest BCUT2D eigenvalue weighted by Crippen LogP contribution is 2.16. The number of aryl methyl sites for hydroxylation is 1. The Balaban J connectivity index is 1.72. The van der Waals surface area contributed by atoms with Gasteiger partial charge in [-0.3, -0.25) is 4.90 Å². The van der Waals surface area contributed by atoms with Crippen molar-refractivity contribution in [2.45, 2.75) is 26.1 Å². The molecule has 1 aromatic rings. The van der Waals surface area contributed by atoms with Crippen LogP contribution in [0.2, 0.25) is 0 Å². The Hall–Kier alpha value is -0.940. The van der Waals surface area contributed by atoms with Gasteiger partial charge in [0.05, 0.1) is 19.3 Å². The van der Waals surface area contributed by atoms with E-state index in [0.29, 0.717) is 6.10 Å². The third-order valence-electron chi connectivity index (χ3n) is 2.88. The molecule has 1 fully saturated rings. The molecule has 0 spiro atoms. The van der Waals surface area contributed by atoms with Crippen molar-refractivity contribution in [1.82, 2.24) is 19.7 Å². The molecule has 0 radical (unpaired) electrons. The summed E-state index contributed by atoms with van der Waals surface area (Å²) >= 11 is 0. The predicted molar refractivity (Wildman–Crippen MR) is 49.8 cm³/mol. The molecule has 3 heterocycles. The smallest absolute Gasteiger partial charge is 0.147 e. The maximum absolute atomic E-state index is 5.22. The molecule has 2 aliphatic heterocycles. The zero-order valence-corrected chi connectivity index (χ0v) is 8.31. The summed E-state index contributed by atoms with van der Waals surface area (Å²) in [5, 5.41) is 8.25. The molecule has 1 atom stereocenters. The zero-order valence-electron chi connectivity index (χ0n) is 8.31. The molecule has 0 saturated carbocycles. The Bertz CT molecular complexity index is 345. The monoisotopic (exact) mass is 194 g/mol. The normalized spacial score (nSPS) is 26.2. The summed E-state index contributed by atoms with van der Waals surface area (Å²) < 4.78 is 7.42. The molecule has 1 saturated heterocycles. The number of hydrogen-bond donors (Lipinski definition) is 0. The van der Waals surface area contributed by atoms with Gasteiger partial charge in [0.15, 0.2) is 0 Å². The molecule has 0 N–H and O–H groups in total. The SMILES string of the molecule is Cc1nnc2n1CCN(C[C@@H]1CO1)C2. The minimum absolute atomic E-state index is 0.477. The van der Waals surface area contributed by atoms with E-state index < -0.39 is 0 Å². The van der Waals surface area contributed by atoms with Crippen molar-refractivity contribution < 1.29 is 4.74 Å². The lowest BCUT2D eigenvalue weighted by Crippen LogP contribution is -2.36. The number of nitrogens with zero attached hydrogens (tertiary/aromatic N) is 4. The second kappa shape index (κ2) is 3.03. The molecule has 2 aliphatic rings. The summed E-state index contributed by atoms with van der Waals surface area (Å²) in [6.07, 6.45) is 0.477. The second-order valence-electron chi connectivity index (χ2n) is 4.01. The van der Waals surface area contributed by atoms with Crippen LogP contribution >= 0.6 is 0 Å². The molecule has 0 aromatic carbocycles. The summed E-state index contributed by atoms with van der Waals surface area (Å²) in [6, 6.07) is 0. The van der Waals surface area contributed by atoms with Crippen molar-refractivity contribution in [1.29, 1.82) is 0 Å². The third-order valence-corrected chi connectivity index (χ3v) is 2.88. The van der Waals surface area contributed by atoms with E-state index in [9.17, 15) is 0 Å². The van der Waals surface area contributed by atoms with E-state index in [4.69, 9.17) is 4.74 Å². The minimum atomic E-state index is 0.477. The molecule has 1 aromatic heterocycles. The quantitative estimate of drug-likeness (QED) is 0.612. The van der Waals surface area contributed by atoms with Gasteiger partial charge in [0.25, 0.3) is 0 Å². The Morgan fingerprint density at radius 2 is 2.29 bits per heavy atom. The van der Waals surface area contributed by atoms with Crippen molar-refractivity contribution in [2.24, 2.45) is 0 Å². The Kier molecular flexibility index (Phi) is 1.81. The van der Waals surface area contributed by atoms with E-state index in [1.165, 1.54) is 0 Å². The van der Waals surface area contributed by atoms with E-state index in [0.717, 1.165) is 44.4 Å². The first-order valence-corrected chi connectivity index (χ1v) is 5.05. The van der Waals surface area contributed by atoms with Gasteiger partial charge >= 0.3 is 0 Å². The second-order valence-corrected chi connectivity index (χ2v) is 4.01. The zero-order chi connectivity index (χ0) is 9.54. The first kappa shape index (κ1) is 8.38. The molecule has 5 heteroatoms. The molecule has 5 nitrogen and oxygen atoms in total. The van der Waals surface area contributed by atoms with Crippen LogP contribution in [0.25, 0.3) is 0 Å². The van der Waals surface area contributed by atoms with Gasteiger partial charge in [0.2, 0.25) is 0 Å². The fraction of sp³-hybridized carbons (Fsp3) is 0.778. The van der Waals surface area contributed by atoms with Gasteiger partial charge in [0, 0.05) is 19.6 Å². The average molecular weight is 194 g/mol. The predicted octanol–water partition coefficient (Wildman–Crippen LogP) is -0.199. The lowest BCUT2D eigenvalue weighted by Gasteiger charge is -2.26. The van der Waals surface area contributed by atoms with E-state index in [2.05, 4.69) is 19.7 Å². The van der Waals surface area contributed by atoms with Crippen LogP contribution in [0.5, 0.6) is 0 Å². The van der Waals surface area contributed by atoms with Crippen LogP contribution < -0.4 is 0 Å². The van der Waals surface area contributed by atoms with Crippen LogP contribution in [0, 0.1) is 6.92 Å². The van der Waals surface area contributed by atoms with Crippen LogP contribution in [0.15, 0.2) is 0 Å². The van der Waals surface area contributed by atoms with Crippen molar-refractivity contribution >= 4 is 0 Å². The van der Waals surface area contributed by atoms with Crippen LogP contribution in [0.4, 0.5) is 0 Å². The van der Waals surface area contributed by atoms with Gasteiger partial charge in [0.1, 0.15) is 11.6 Å². The number of ether oxygens (including phenoxy) is 1. The summed E-state index contributed by atoms with van der Waals surface area (Å²) in [5.74, 6) is 2.12. The number of hydrogen-bond acceptors (Lipinski definition) is 4. The van der Waals surface area contributed by atoms with Crippen molar-refractivity contribution in [3.8, 4) is 0 Å². The fourth-order valence-electron chi connectivity index (χ4n) is 1.97. The van der Waals surface area contributed by atoms with Crippen molar-refractivity contribution in [3.05, 3.63) is 11.6 Å². The van der Waals surface area contributed by atoms with E-state index in [-0.39, 0.29) is 0 Å². The van der Waals surface area contributed by atoms with E-state index in [1.54, 1.807) is 0 Å². The highest BCUT2D eigenvalue weighted by atomic mass is 16.6. The highest BCUT2D eigenvalue weighted by molar-refractivity contribution is 4.97. The average Bonchev–Trinajstić information content (AvgIpc) is 2.92. The lowest BCUT2D eigenvalue weighted by molar-refractivity contribution is 0.196. The van der Waals surface area contributed by atoms with E-state index >= 15 is 0 Å². The lowest BCUT2D eigenvalue weighted by atomic mass is 10.3. The third kappa shape index (κ3) is 1.42. The maximum Gasteiger partial charge on any atom is 0.147 e. The molecule has 76 valence electrons. The van der Waals surface area contributed by atoms with Gasteiger partial charge < -0.3 is 9.30 Å². The largest absolute Gasteiger partial charge is 0.372 e. The van der Waals surface area contributed by atoms with Crippen LogP contribution in [-0.2, 0) is 17.8 Å². The number of aromatic nitrogens is 3. The van der Waals surface area contributed by atoms with Gasteiger partial charge in [-0.1, -0.05) is 0 Å². The molecular weight excluding hydrogens is 180 g/mol. The van der Waals surface area contributed by atoms with Gasteiger partial charge in [-0.15, -0.1) is 10.2 Å².